The summed E-state index contributed by atoms with van der Waals surface area (Å²) >= 11 is 0. The van der Waals surface area contributed by atoms with Crippen molar-refractivity contribution >= 4 is 27.8 Å². The van der Waals surface area contributed by atoms with Crippen LogP contribution in [0, 0.1) is 0 Å². The van der Waals surface area contributed by atoms with E-state index in [1.807, 2.05) is 0 Å². The maximum absolute atomic E-state index is 2.39. The summed E-state index contributed by atoms with van der Waals surface area (Å²) in [6, 6.07) is 71.8. The Bertz CT molecular complexity index is 2170. The highest BCUT2D eigenvalue weighted by Crippen LogP contribution is 2.46. The van der Waals surface area contributed by atoms with E-state index < -0.39 is 0 Å². The molecule has 0 saturated carbocycles. The summed E-state index contributed by atoms with van der Waals surface area (Å²) in [5.41, 5.74) is 13.0. The van der Waals surface area contributed by atoms with Gasteiger partial charge in [0.1, 0.15) is 0 Å². The monoisotopic (exact) mass is 599 g/mol. The van der Waals surface area contributed by atoms with Gasteiger partial charge >= 0.3 is 0 Å². The van der Waals surface area contributed by atoms with Crippen LogP contribution in [0.1, 0.15) is 0 Å². The van der Waals surface area contributed by atoms with Gasteiger partial charge in [-0.05, 0) is 80.0 Å². The van der Waals surface area contributed by atoms with Gasteiger partial charge in [-0.3, -0.25) is 0 Å². The molecule has 0 amide bonds. The summed E-state index contributed by atoms with van der Waals surface area (Å²) in [5, 5.41) is 2.48. The van der Waals surface area contributed by atoms with Crippen LogP contribution in [0.25, 0.3) is 55.3 Å². The Labute approximate surface area is 276 Å². The number of benzene rings is 8. The first-order chi connectivity index (χ1) is 23.3. The molecule has 8 aromatic carbocycles. The molecule has 8 rings (SSSR count). The molecule has 0 aromatic heterocycles. The second-order valence-electron chi connectivity index (χ2n) is 11.8. The van der Waals surface area contributed by atoms with Crippen LogP contribution in [-0.4, -0.2) is 0 Å². The molecule has 0 spiro atoms. The zero-order valence-corrected chi connectivity index (χ0v) is 26.0. The molecule has 222 valence electrons. The Morgan fingerprint density at radius 1 is 0.277 bits per heavy atom. The molecule has 47 heavy (non-hydrogen) atoms. The molecule has 0 saturated heterocycles. The molecular formula is C46H33N. The average Bonchev–Trinajstić information content (AvgIpc) is 3.16. The Morgan fingerprint density at radius 2 is 0.723 bits per heavy atom. The van der Waals surface area contributed by atoms with Crippen LogP contribution in [0.4, 0.5) is 17.1 Å². The third kappa shape index (κ3) is 5.60. The second kappa shape index (κ2) is 12.7. The molecule has 0 atom stereocenters. The third-order valence-corrected chi connectivity index (χ3v) is 8.89. The third-order valence-electron chi connectivity index (χ3n) is 8.89. The molecular weight excluding hydrogens is 567 g/mol. The molecule has 0 fully saturated rings. The predicted molar refractivity (Wildman–Crippen MR) is 200 cm³/mol. The summed E-state index contributed by atoms with van der Waals surface area (Å²) < 4.78 is 0. The molecule has 1 nitrogen and oxygen atoms in total. The Balaban J connectivity index is 1.32. The maximum atomic E-state index is 2.39. The second-order valence-corrected chi connectivity index (χ2v) is 11.8. The standard InChI is InChI=1S/C46H33N/c1-4-14-34(15-5-1)36-24-29-40(30-25-36)47(41-31-26-37(27-32-41)35-16-6-2-7-17-35)45-23-13-12-22-43(45)44-33-28-38-18-10-11-21-42(38)46(44)39-19-8-3-9-20-39/h1-33H. The zero-order chi connectivity index (χ0) is 31.4. The Hall–Kier alpha value is -6.18. The lowest BCUT2D eigenvalue weighted by Crippen LogP contribution is -2.11. The first kappa shape index (κ1) is 28.3. The number of hydrogen-bond acceptors (Lipinski definition) is 1. The topological polar surface area (TPSA) is 3.24 Å². The van der Waals surface area contributed by atoms with E-state index in [2.05, 4.69) is 205 Å². The van der Waals surface area contributed by atoms with Gasteiger partial charge in [0, 0.05) is 16.9 Å². The molecule has 0 unspecified atom stereocenters. The van der Waals surface area contributed by atoms with Crippen LogP contribution in [-0.2, 0) is 0 Å². The molecule has 0 N–H and O–H groups in total. The van der Waals surface area contributed by atoms with E-state index in [9.17, 15) is 0 Å². The van der Waals surface area contributed by atoms with Crippen LogP contribution < -0.4 is 4.90 Å². The summed E-state index contributed by atoms with van der Waals surface area (Å²) in [6.45, 7) is 0. The molecule has 8 aromatic rings. The maximum Gasteiger partial charge on any atom is 0.0540 e. The predicted octanol–water partition coefficient (Wildman–Crippen LogP) is 13.0. The van der Waals surface area contributed by atoms with E-state index >= 15 is 0 Å². The van der Waals surface area contributed by atoms with E-state index in [0.29, 0.717) is 0 Å². The van der Waals surface area contributed by atoms with Gasteiger partial charge in [-0.1, -0.05) is 170 Å². The van der Waals surface area contributed by atoms with Crippen molar-refractivity contribution in [2.75, 3.05) is 4.90 Å². The van der Waals surface area contributed by atoms with E-state index in [1.54, 1.807) is 0 Å². The van der Waals surface area contributed by atoms with Crippen LogP contribution in [0.3, 0.4) is 0 Å². The molecule has 0 aliphatic heterocycles. The number of rotatable bonds is 7. The van der Waals surface area contributed by atoms with Gasteiger partial charge < -0.3 is 4.90 Å². The highest BCUT2D eigenvalue weighted by atomic mass is 15.1. The molecule has 0 aliphatic rings. The van der Waals surface area contributed by atoms with Crippen LogP contribution in [0.5, 0.6) is 0 Å². The van der Waals surface area contributed by atoms with Crippen molar-refractivity contribution in [3.05, 3.63) is 200 Å². The van der Waals surface area contributed by atoms with Crippen molar-refractivity contribution < 1.29 is 0 Å². The first-order valence-corrected chi connectivity index (χ1v) is 16.1. The summed E-state index contributed by atoms with van der Waals surface area (Å²) in [4.78, 5) is 2.39. The lowest BCUT2D eigenvalue weighted by Gasteiger charge is -2.29. The van der Waals surface area contributed by atoms with Crippen molar-refractivity contribution in [1.82, 2.24) is 0 Å². The van der Waals surface area contributed by atoms with Crippen molar-refractivity contribution in [2.24, 2.45) is 0 Å². The van der Waals surface area contributed by atoms with E-state index in [1.165, 1.54) is 55.3 Å². The summed E-state index contributed by atoms with van der Waals surface area (Å²) in [7, 11) is 0. The van der Waals surface area contributed by atoms with Gasteiger partial charge in [-0.25, -0.2) is 0 Å². The molecule has 0 bridgehead atoms. The van der Waals surface area contributed by atoms with Gasteiger partial charge in [0.25, 0.3) is 0 Å². The molecule has 0 aliphatic carbocycles. The fourth-order valence-electron chi connectivity index (χ4n) is 6.60. The van der Waals surface area contributed by atoms with Gasteiger partial charge in [0.05, 0.1) is 5.69 Å². The lowest BCUT2D eigenvalue weighted by atomic mass is 9.89. The smallest absolute Gasteiger partial charge is 0.0540 e. The fourth-order valence-corrected chi connectivity index (χ4v) is 6.60. The van der Waals surface area contributed by atoms with Crippen LogP contribution in [0.15, 0.2) is 200 Å². The number of nitrogens with zero attached hydrogens (tertiary/aromatic N) is 1. The van der Waals surface area contributed by atoms with Gasteiger partial charge in [-0.2, -0.15) is 0 Å². The van der Waals surface area contributed by atoms with Gasteiger partial charge in [0.2, 0.25) is 0 Å². The van der Waals surface area contributed by atoms with Crippen LogP contribution in [0.2, 0.25) is 0 Å². The van der Waals surface area contributed by atoms with Crippen molar-refractivity contribution in [3.63, 3.8) is 0 Å². The molecule has 0 radical (unpaired) electrons. The SMILES string of the molecule is c1ccc(-c2ccc(N(c3ccc(-c4ccccc4)cc3)c3ccccc3-c3ccc4ccccc4c3-c3ccccc3)cc2)cc1. The summed E-state index contributed by atoms with van der Waals surface area (Å²) in [5.74, 6) is 0. The van der Waals surface area contributed by atoms with Crippen molar-refractivity contribution in [3.8, 4) is 44.5 Å². The minimum atomic E-state index is 1.10. The number of hydrogen-bond donors (Lipinski definition) is 0. The zero-order valence-electron chi connectivity index (χ0n) is 26.0. The van der Waals surface area contributed by atoms with E-state index in [-0.39, 0.29) is 0 Å². The Kier molecular flexibility index (Phi) is 7.63. The molecule has 0 heterocycles. The highest BCUT2D eigenvalue weighted by Gasteiger charge is 2.20. The fraction of sp³-hybridized carbons (Fsp3) is 0. The van der Waals surface area contributed by atoms with Gasteiger partial charge in [0.15, 0.2) is 0 Å². The van der Waals surface area contributed by atoms with Crippen LogP contribution >= 0.6 is 0 Å². The van der Waals surface area contributed by atoms with Crippen molar-refractivity contribution in [2.45, 2.75) is 0 Å². The number of anilines is 3. The number of fused-ring (bicyclic) bond motifs is 1. The molecule has 1 heteroatoms. The minimum absolute atomic E-state index is 1.10. The van der Waals surface area contributed by atoms with E-state index in [0.717, 1.165) is 17.1 Å². The van der Waals surface area contributed by atoms with E-state index in [4.69, 9.17) is 0 Å². The minimum Gasteiger partial charge on any atom is -0.310 e. The lowest BCUT2D eigenvalue weighted by molar-refractivity contribution is 1.28. The van der Waals surface area contributed by atoms with Crippen molar-refractivity contribution in [1.29, 1.82) is 0 Å². The average molecular weight is 600 g/mol. The summed E-state index contributed by atoms with van der Waals surface area (Å²) in [6.07, 6.45) is 0. The number of para-hydroxylation sites is 1. The Morgan fingerprint density at radius 3 is 1.30 bits per heavy atom. The largest absolute Gasteiger partial charge is 0.310 e. The normalized spacial score (nSPS) is 11.0. The van der Waals surface area contributed by atoms with Gasteiger partial charge in [-0.15, -0.1) is 0 Å². The highest BCUT2D eigenvalue weighted by molar-refractivity contribution is 6.06. The first-order valence-electron chi connectivity index (χ1n) is 16.1. The quantitative estimate of drug-likeness (QED) is 0.176.